The molecule has 1 heterocycles. The van der Waals surface area contributed by atoms with Crippen LogP contribution in [0, 0.1) is 16.7 Å². The van der Waals surface area contributed by atoms with Crippen LogP contribution in [0.2, 0.25) is 5.02 Å². The lowest BCUT2D eigenvalue weighted by atomic mass is 9.88. The summed E-state index contributed by atoms with van der Waals surface area (Å²) in [5.74, 6) is 0. The van der Waals surface area contributed by atoms with E-state index in [2.05, 4.69) is 34.0 Å². The molecule has 0 atom stereocenters. The number of rotatable bonds is 5. The average molecular weight is 295 g/mol. The van der Waals surface area contributed by atoms with Gasteiger partial charge in [0.1, 0.15) is 11.0 Å². The summed E-state index contributed by atoms with van der Waals surface area (Å²) in [5.41, 5.74) is 2.53. The van der Waals surface area contributed by atoms with E-state index in [9.17, 15) is 0 Å². The van der Waals surface area contributed by atoms with Crippen molar-refractivity contribution in [2.45, 2.75) is 26.7 Å². The summed E-state index contributed by atoms with van der Waals surface area (Å²) in [7, 11) is 0. The number of hydrogen-bond donors (Lipinski definition) is 1. The largest absolute Gasteiger partial charge is 0.381 e. The van der Waals surface area contributed by atoms with Crippen LogP contribution in [0.1, 0.15) is 26.7 Å². The van der Waals surface area contributed by atoms with Crippen LogP contribution in [0.3, 0.4) is 0 Å². The molecule has 0 aliphatic rings. The van der Waals surface area contributed by atoms with E-state index in [0.29, 0.717) is 11.4 Å². The first-order valence-electron chi connectivity index (χ1n) is 6.05. The molecule has 0 spiro atoms. The highest BCUT2D eigenvalue weighted by molar-refractivity contribution is 7.00. The molecule has 0 aliphatic heterocycles. The van der Waals surface area contributed by atoms with E-state index in [4.69, 9.17) is 16.9 Å². The molecule has 6 heteroatoms. The maximum Gasteiger partial charge on any atom is 0.129 e. The zero-order valence-corrected chi connectivity index (χ0v) is 12.5. The number of benzene rings is 1. The molecule has 1 N–H and O–H groups in total. The second kappa shape index (κ2) is 5.72. The normalized spacial score (nSPS) is 11.5. The quantitative estimate of drug-likeness (QED) is 0.902. The number of nitrogens with one attached hydrogen (secondary N) is 1. The van der Waals surface area contributed by atoms with Gasteiger partial charge in [0, 0.05) is 13.0 Å². The highest BCUT2D eigenvalue weighted by Gasteiger charge is 2.19. The Bertz CT molecular complexity index is 615. The zero-order valence-electron chi connectivity index (χ0n) is 10.9. The van der Waals surface area contributed by atoms with Crippen molar-refractivity contribution < 1.29 is 0 Å². The van der Waals surface area contributed by atoms with Crippen LogP contribution in [0.15, 0.2) is 12.1 Å². The minimum absolute atomic E-state index is 0.0324. The summed E-state index contributed by atoms with van der Waals surface area (Å²) >= 11 is 7.40. The van der Waals surface area contributed by atoms with E-state index >= 15 is 0 Å². The number of anilines is 1. The first-order chi connectivity index (χ1) is 9.03. The fraction of sp³-hybridized carbons (Fsp3) is 0.462. The standard InChI is InChI=1S/C13H15ClN4S/c1-13(2,6-3-7-15)8-16-11-9(14)4-5-10-12(11)18-19-17-10/h4-5,16H,3,6,8H2,1-2H3. The van der Waals surface area contributed by atoms with Gasteiger partial charge in [-0.1, -0.05) is 25.4 Å². The van der Waals surface area contributed by atoms with Gasteiger partial charge in [-0.15, -0.1) is 0 Å². The van der Waals surface area contributed by atoms with Crippen molar-refractivity contribution in [3.63, 3.8) is 0 Å². The maximum atomic E-state index is 8.66. The van der Waals surface area contributed by atoms with Crippen LogP contribution in [0.25, 0.3) is 11.0 Å². The fourth-order valence-electron chi connectivity index (χ4n) is 1.81. The number of halogens is 1. The lowest BCUT2D eigenvalue weighted by molar-refractivity contribution is 0.364. The van der Waals surface area contributed by atoms with Crippen molar-refractivity contribution in [3.8, 4) is 6.07 Å². The Labute approximate surface area is 121 Å². The van der Waals surface area contributed by atoms with Gasteiger partial charge < -0.3 is 5.32 Å². The van der Waals surface area contributed by atoms with Gasteiger partial charge >= 0.3 is 0 Å². The Morgan fingerprint density at radius 2 is 2.21 bits per heavy atom. The summed E-state index contributed by atoms with van der Waals surface area (Å²) in [6, 6.07) is 5.88. The Kier molecular flexibility index (Phi) is 4.23. The fourth-order valence-corrected chi connectivity index (χ4v) is 2.57. The summed E-state index contributed by atoms with van der Waals surface area (Å²) in [6.45, 7) is 5.00. The monoisotopic (exact) mass is 294 g/mol. The number of aromatic nitrogens is 2. The zero-order chi connectivity index (χ0) is 13.9. The van der Waals surface area contributed by atoms with E-state index in [-0.39, 0.29) is 5.41 Å². The Hall–Kier alpha value is -1.38. The lowest BCUT2D eigenvalue weighted by Crippen LogP contribution is -2.23. The van der Waals surface area contributed by atoms with Crippen molar-refractivity contribution in [3.05, 3.63) is 17.2 Å². The SMILES string of the molecule is CC(C)(CCC#N)CNc1c(Cl)ccc2nsnc12. The molecular formula is C13H15ClN4S. The topological polar surface area (TPSA) is 61.6 Å². The molecule has 2 rings (SSSR count). The van der Waals surface area contributed by atoms with Crippen LogP contribution < -0.4 is 5.32 Å². The van der Waals surface area contributed by atoms with Gasteiger partial charge in [0.25, 0.3) is 0 Å². The molecule has 0 saturated heterocycles. The van der Waals surface area contributed by atoms with Crippen LogP contribution in [-0.4, -0.2) is 15.3 Å². The molecule has 0 radical (unpaired) electrons. The van der Waals surface area contributed by atoms with Crippen molar-refractivity contribution in [2.75, 3.05) is 11.9 Å². The molecule has 4 nitrogen and oxygen atoms in total. The molecule has 0 unspecified atom stereocenters. The van der Waals surface area contributed by atoms with Gasteiger partial charge in [-0.05, 0) is 24.0 Å². The Balaban J connectivity index is 2.15. The Morgan fingerprint density at radius 3 is 2.95 bits per heavy atom. The van der Waals surface area contributed by atoms with E-state index in [0.717, 1.165) is 29.7 Å². The molecule has 100 valence electrons. The lowest BCUT2D eigenvalue weighted by Gasteiger charge is -2.24. The minimum atomic E-state index is 0.0324. The molecule has 2 aromatic rings. The maximum absolute atomic E-state index is 8.66. The summed E-state index contributed by atoms with van der Waals surface area (Å²) in [4.78, 5) is 0. The highest BCUT2D eigenvalue weighted by Crippen LogP contribution is 2.31. The van der Waals surface area contributed by atoms with Gasteiger partial charge in [-0.25, -0.2) is 0 Å². The minimum Gasteiger partial charge on any atom is -0.381 e. The number of hydrogen-bond acceptors (Lipinski definition) is 5. The molecule has 1 aromatic heterocycles. The second-order valence-electron chi connectivity index (χ2n) is 5.23. The number of nitrogens with zero attached hydrogens (tertiary/aromatic N) is 3. The van der Waals surface area contributed by atoms with Gasteiger partial charge in [-0.3, -0.25) is 0 Å². The smallest absolute Gasteiger partial charge is 0.129 e. The van der Waals surface area contributed by atoms with Gasteiger partial charge in [0.15, 0.2) is 0 Å². The molecular weight excluding hydrogens is 280 g/mol. The molecule has 0 saturated carbocycles. The molecule has 1 aromatic carbocycles. The third-order valence-electron chi connectivity index (χ3n) is 3.03. The van der Waals surface area contributed by atoms with E-state index in [1.165, 1.54) is 11.7 Å². The third-order valence-corrected chi connectivity index (χ3v) is 3.89. The molecule has 0 aliphatic carbocycles. The summed E-state index contributed by atoms with van der Waals surface area (Å²) in [5, 5.41) is 12.7. The van der Waals surface area contributed by atoms with Crippen LogP contribution >= 0.6 is 23.3 Å². The van der Waals surface area contributed by atoms with Crippen molar-refractivity contribution in [1.82, 2.24) is 8.75 Å². The van der Waals surface area contributed by atoms with Crippen molar-refractivity contribution in [2.24, 2.45) is 5.41 Å². The average Bonchev–Trinajstić information content (AvgIpc) is 2.83. The summed E-state index contributed by atoms with van der Waals surface area (Å²) in [6.07, 6.45) is 1.41. The van der Waals surface area contributed by atoms with Crippen molar-refractivity contribution in [1.29, 1.82) is 5.26 Å². The first kappa shape index (κ1) is 14.0. The molecule has 0 amide bonds. The third kappa shape index (κ3) is 3.34. The van der Waals surface area contributed by atoms with Gasteiger partial charge in [-0.2, -0.15) is 14.0 Å². The van der Waals surface area contributed by atoms with E-state index < -0.39 is 0 Å². The second-order valence-corrected chi connectivity index (χ2v) is 6.17. The van der Waals surface area contributed by atoms with Crippen LogP contribution in [0.4, 0.5) is 5.69 Å². The molecule has 0 bridgehead atoms. The number of nitriles is 1. The van der Waals surface area contributed by atoms with E-state index in [1.807, 2.05) is 12.1 Å². The summed E-state index contributed by atoms with van der Waals surface area (Å²) < 4.78 is 8.48. The molecule has 19 heavy (non-hydrogen) atoms. The number of fused-ring (bicyclic) bond motifs is 1. The molecule has 0 fully saturated rings. The van der Waals surface area contributed by atoms with Gasteiger partial charge in [0.05, 0.1) is 28.5 Å². The first-order valence-corrected chi connectivity index (χ1v) is 7.16. The van der Waals surface area contributed by atoms with Crippen molar-refractivity contribution >= 4 is 40.0 Å². The van der Waals surface area contributed by atoms with Crippen LogP contribution in [-0.2, 0) is 0 Å². The highest BCUT2D eigenvalue weighted by atomic mass is 35.5. The van der Waals surface area contributed by atoms with E-state index in [1.54, 1.807) is 0 Å². The predicted octanol–water partition coefficient (Wildman–Crippen LogP) is 4.09. The van der Waals surface area contributed by atoms with Gasteiger partial charge in [0.2, 0.25) is 0 Å². The van der Waals surface area contributed by atoms with Crippen LogP contribution in [0.5, 0.6) is 0 Å². The predicted molar refractivity (Wildman–Crippen MR) is 79.5 cm³/mol. The Morgan fingerprint density at radius 1 is 1.42 bits per heavy atom.